The maximum atomic E-state index is 12.9. The number of fused-ring (bicyclic) bond motifs is 1. The highest BCUT2D eigenvalue weighted by Gasteiger charge is 2.28. The molecule has 1 aromatic heterocycles. The summed E-state index contributed by atoms with van der Waals surface area (Å²) in [7, 11) is -3.85. The molecule has 4 rings (SSSR count). The zero-order valence-corrected chi connectivity index (χ0v) is 18.4. The molecule has 2 aromatic carbocycles. The monoisotopic (exact) mass is 455 g/mol. The van der Waals surface area contributed by atoms with Gasteiger partial charge in [0.1, 0.15) is 5.69 Å². The first-order valence-corrected chi connectivity index (χ1v) is 11.8. The molecular weight excluding hydrogens is 430 g/mol. The molecule has 3 aromatic rings. The molecular formula is C22H25N5O4S. The molecule has 0 saturated carbocycles. The van der Waals surface area contributed by atoms with Crippen LogP contribution in [0.2, 0.25) is 0 Å². The maximum absolute atomic E-state index is 12.9. The molecule has 2 heterocycles. The van der Waals surface area contributed by atoms with E-state index in [9.17, 15) is 18.0 Å². The number of para-hydroxylation sites is 1. The van der Waals surface area contributed by atoms with Gasteiger partial charge in [0, 0.05) is 42.8 Å². The Morgan fingerprint density at radius 1 is 1.03 bits per heavy atom. The summed E-state index contributed by atoms with van der Waals surface area (Å²) in [5, 5.41) is 8.88. The fourth-order valence-electron chi connectivity index (χ4n) is 3.83. The van der Waals surface area contributed by atoms with Gasteiger partial charge in [-0.05, 0) is 37.3 Å². The molecule has 9 nitrogen and oxygen atoms in total. The molecule has 1 aliphatic heterocycles. The zero-order chi connectivity index (χ0) is 22.9. The molecule has 1 atom stereocenters. The van der Waals surface area contributed by atoms with Gasteiger partial charge in [-0.15, -0.1) is 0 Å². The number of rotatable bonds is 5. The van der Waals surface area contributed by atoms with Gasteiger partial charge in [-0.2, -0.15) is 0 Å². The number of benzene rings is 2. The quantitative estimate of drug-likeness (QED) is 0.538. The number of nitrogens with zero attached hydrogens (tertiary/aromatic N) is 2. The van der Waals surface area contributed by atoms with Crippen molar-refractivity contribution in [2.45, 2.75) is 17.9 Å². The molecule has 0 spiro atoms. The van der Waals surface area contributed by atoms with Crippen molar-refractivity contribution >= 4 is 38.4 Å². The first-order chi connectivity index (χ1) is 15.2. The predicted molar refractivity (Wildman–Crippen MR) is 122 cm³/mol. The first kappa shape index (κ1) is 22.0. The number of hydrogen-bond acceptors (Lipinski definition) is 5. The van der Waals surface area contributed by atoms with Crippen LogP contribution in [0.4, 0.5) is 5.69 Å². The average molecular weight is 456 g/mol. The second-order valence-electron chi connectivity index (χ2n) is 7.84. The number of primary sulfonamides is 1. The van der Waals surface area contributed by atoms with Crippen molar-refractivity contribution in [3.63, 3.8) is 0 Å². The number of carbonyl (C=O) groups excluding carboxylic acids is 2. The molecule has 1 saturated heterocycles. The number of amides is 2. The summed E-state index contributed by atoms with van der Waals surface area (Å²) in [5.74, 6) is -0.315. The van der Waals surface area contributed by atoms with Gasteiger partial charge >= 0.3 is 0 Å². The lowest BCUT2D eigenvalue weighted by molar-refractivity contribution is -0.121. The Kier molecular flexibility index (Phi) is 6.00. The van der Waals surface area contributed by atoms with Crippen LogP contribution >= 0.6 is 0 Å². The van der Waals surface area contributed by atoms with Crippen molar-refractivity contribution in [3.05, 3.63) is 60.3 Å². The van der Waals surface area contributed by atoms with Crippen molar-refractivity contribution in [1.82, 2.24) is 14.8 Å². The second kappa shape index (κ2) is 8.73. The standard InChI is InChI=1S/C22H25N5O4S/c1-15(21(28)24-17-6-4-7-18(14-17)32(23,30)31)26-9-11-27(12-10-26)22(29)20-13-16-5-2-3-8-19(16)25-20/h2-8,13-15,25H,9-12H2,1H3,(H,24,28)(H2,23,30,31). The molecule has 10 heteroatoms. The van der Waals surface area contributed by atoms with Crippen molar-refractivity contribution in [1.29, 1.82) is 0 Å². The second-order valence-corrected chi connectivity index (χ2v) is 9.40. The lowest BCUT2D eigenvalue weighted by Crippen LogP contribution is -2.54. The Morgan fingerprint density at radius 3 is 2.44 bits per heavy atom. The van der Waals surface area contributed by atoms with Crippen molar-refractivity contribution in [3.8, 4) is 0 Å². The fourth-order valence-corrected chi connectivity index (χ4v) is 4.39. The molecule has 0 aliphatic carbocycles. The van der Waals surface area contributed by atoms with Crippen LogP contribution in [0.5, 0.6) is 0 Å². The third-order valence-corrected chi connectivity index (χ3v) is 6.63. The topological polar surface area (TPSA) is 129 Å². The van der Waals surface area contributed by atoms with Crippen LogP contribution in [-0.4, -0.2) is 67.2 Å². The summed E-state index contributed by atoms with van der Waals surface area (Å²) in [6, 6.07) is 15.0. The van der Waals surface area contributed by atoms with Gasteiger partial charge in [-0.3, -0.25) is 14.5 Å². The van der Waals surface area contributed by atoms with Crippen LogP contribution in [-0.2, 0) is 14.8 Å². The predicted octanol–water partition coefficient (Wildman–Crippen LogP) is 1.60. The number of sulfonamides is 1. The van der Waals surface area contributed by atoms with Gasteiger partial charge in [0.15, 0.2) is 0 Å². The number of nitrogens with two attached hydrogens (primary N) is 1. The Hall–Kier alpha value is -3.21. The molecule has 2 amide bonds. The van der Waals surface area contributed by atoms with Crippen molar-refractivity contribution < 1.29 is 18.0 Å². The number of piperazine rings is 1. The average Bonchev–Trinajstić information content (AvgIpc) is 3.22. The van der Waals surface area contributed by atoms with Gasteiger partial charge in [0.25, 0.3) is 5.91 Å². The van der Waals surface area contributed by atoms with E-state index in [1.54, 1.807) is 17.9 Å². The minimum atomic E-state index is -3.85. The van der Waals surface area contributed by atoms with E-state index in [0.717, 1.165) is 10.9 Å². The first-order valence-electron chi connectivity index (χ1n) is 10.3. The van der Waals surface area contributed by atoms with E-state index < -0.39 is 16.1 Å². The van der Waals surface area contributed by atoms with Crippen molar-refractivity contribution in [2.24, 2.45) is 5.14 Å². The number of nitrogens with one attached hydrogen (secondary N) is 2. The van der Waals surface area contributed by atoms with Gasteiger partial charge in [0.2, 0.25) is 15.9 Å². The van der Waals surface area contributed by atoms with E-state index in [-0.39, 0.29) is 16.7 Å². The summed E-state index contributed by atoms with van der Waals surface area (Å²) in [5.41, 5.74) is 1.84. The minimum absolute atomic E-state index is 0.0576. The summed E-state index contributed by atoms with van der Waals surface area (Å²) in [6.45, 7) is 3.91. The third kappa shape index (κ3) is 4.67. The third-order valence-electron chi connectivity index (χ3n) is 5.72. The van der Waals surface area contributed by atoms with E-state index in [1.165, 1.54) is 18.2 Å². The fraction of sp³-hybridized carbons (Fsp3) is 0.273. The van der Waals surface area contributed by atoms with Gasteiger partial charge < -0.3 is 15.2 Å². The van der Waals surface area contributed by atoms with E-state index in [1.807, 2.05) is 35.2 Å². The van der Waals surface area contributed by atoms with E-state index in [4.69, 9.17) is 5.14 Å². The van der Waals surface area contributed by atoms with Crippen molar-refractivity contribution in [2.75, 3.05) is 31.5 Å². The highest BCUT2D eigenvalue weighted by Crippen LogP contribution is 2.18. The van der Waals surface area contributed by atoms with Crippen LogP contribution in [0.3, 0.4) is 0 Å². The van der Waals surface area contributed by atoms with Crippen LogP contribution in [0, 0.1) is 0 Å². The van der Waals surface area contributed by atoms with E-state index in [2.05, 4.69) is 10.3 Å². The molecule has 4 N–H and O–H groups in total. The Morgan fingerprint density at radius 2 is 1.75 bits per heavy atom. The highest BCUT2D eigenvalue weighted by molar-refractivity contribution is 7.89. The zero-order valence-electron chi connectivity index (χ0n) is 17.6. The smallest absolute Gasteiger partial charge is 0.270 e. The largest absolute Gasteiger partial charge is 0.351 e. The van der Waals surface area contributed by atoms with Crippen LogP contribution in [0.15, 0.2) is 59.5 Å². The Balaban J connectivity index is 1.35. The lowest BCUT2D eigenvalue weighted by Gasteiger charge is -2.37. The molecule has 0 bridgehead atoms. The van der Waals surface area contributed by atoms with E-state index in [0.29, 0.717) is 37.6 Å². The minimum Gasteiger partial charge on any atom is -0.351 e. The summed E-state index contributed by atoms with van der Waals surface area (Å²) in [6.07, 6.45) is 0. The molecule has 1 fully saturated rings. The van der Waals surface area contributed by atoms with Crippen LogP contribution in [0.1, 0.15) is 17.4 Å². The highest BCUT2D eigenvalue weighted by atomic mass is 32.2. The Labute approximate surface area is 186 Å². The normalized spacial score (nSPS) is 16.1. The van der Waals surface area contributed by atoms with E-state index >= 15 is 0 Å². The molecule has 1 unspecified atom stereocenters. The molecule has 0 radical (unpaired) electrons. The summed E-state index contributed by atoms with van der Waals surface area (Å²) >= 11 is 0. The number of anilines is 1. The summed E-state index contributed by atoms with van der Waals surface area (Å²) in [4.78, 5) is 32.4. The van der Waals surface area contributed by atoms with Gasteiger partial charge in [0.05, 0.1) is 10.9 Å². The SMILES string of the molecule is CC(C(=O)Nc1cccc(S(N)(=O)=O)c1)N1CCN(C(=O)c2cc3ccccc3[nH]2)CC1. The number of H-pyrrole nitrogens is 1. The number of hydrogen-bond donors (Lipinski definition) is 3. The Bertz CT molecular complexity index is 1230. The lowest BCUT2D eigenvalue weighted by atomic mass is 10.2. The number of carbonyl (C=O) groups is 2. The number of aromatic nitrogens is 1. The summed E-state index contributed by atoms with van der Waals surface area (Å²) < 4.78 is 23.0. The van der Waals surface area contributed by atoms with Crippen LogP contribution < -0.4 is 10.5 Å². The number of aromatic amines is 1. The molecule has 1 aliphatic rings. The van der Waals surface area contributed by atoms with Gasteiger partial charge in [-0.25, -0.2) is 13.6 Å². The molecule has 168 valence electrons. The van der Waals surface area contributed by atoms with Crippen LogP contribution in [0.25, 0.3) is 10.9 Å². The maximum Gasteiger partial charge on any atom is 0.270 e. The van der Waals surface area contributed by atoms with Gasteiger partial charge in [-0.1, -0.05) is 24.3 Å². The molecule has 32 heavy (non-hydrogen) atoms.